The van der Waals surface area contributed by atoms with Gasteiger partial charge < -0.3 is 5.11 Å². The van der Waals surface area contributed by atoms with E-state index in [-0.39, 0.29) is 17.0 Å². The van der Waals surface area contributed by atoms with Gasteiger partial charge >= 0.3 is 15.6 Å². The fourth-order valence-corrected chi connectivity index (χ4v) is 1.31. The van der Waals surface area contributed by atoms with Crippen LogP contribution in [0.1, 0.15) is 26.7 Å². The van der Waals surface area contributed by atoms with Crippen molar-refractivity contribution in [2.24, 2.45) is 5.41 Å². The van der Waals surface area contributed by atoms with Crippen LogP contribution < -0.4 is 0 Å². The third-order valence-corrected chi connectivity index (χ3v) is 2.52. The van der Waals surface area contributed by atoms with Gasteiger partial charge in [-0.05, 0) is 5.41 Å². The molecule has 0 fully saturated rings. The minimum atomic E-state index is -5.84. The number of hydrogen-bond acceptors (Lipinski definition) is 4. The Balaban J connectivity index is 0.000000331. The Kier molecular flexibility index (Phi) is 4.95. The van der Waals surface area contributed by atoms with Crippen LogP contribution in [0.3, 0.4) is 0 Å². The van der Waals surface area contributed by atoms with Gasteiger partial charge in [-0.3, -0.25) is 9.35 Å². The number of halogens is 3. The largest absolute Gasteiger partial charge is 0.522 e. The van der Waals surface area contributed by atoms with Gasteiger partial charge in [-0.1, -0.05) is 13.8 Å². The third kappa shape index (κ3) is 6.01. The van der Waals surface area contributed by atoms with E-state index >= 15 is 0 Å². The molecule has 0 saturated carbocycles. The average Bonchev–Trinajstić information content (AvgIpc) is 1.94. The predicted molar refractivity (Wildman–Crippen MR) is 56.3 cm³/mol. The molecule has 0 spiro atoms. The van der Waals surface area contributed by atoms with E-state index in [1.165, 1.54) is 6.08 Å². The maximum Gasteiger partial charge on any atom is 0.522 e. The van der Waals surface area contributed by atoms with Crippen LogP contribution in [0.5, 0.6) is 0 Å². The maximum absolute atomic E-state index is 10.9. The number of alkyl halides is 3. The molecule has 0 aromatic heterocycles. The molecule has 0 aliphatic heterocycles. The van der Waals surface area contributed by atoms with E-state index in [4.69, 9.17) is 18.1 Å². The third-order valence-electron chi connectivity index (χ3n) is 1.93. The molecule has 1 aliphatic rings. The van der Waals surface area contributed by atoms with Crippen LogP contribution in [0, 0.1) is 5.41 Å². The van der Waals surface area contributed by atoms with Crippen molar-refractivity contribution in [3.8, 4) is 0 Å². The number of carbonyl (C=O) groups excluding carboxylic acids is 1. The Morgan fingerprint density at radius 1 is 1.28 bits per heavy atom. The van der Waals surface area contributed by atoms with Crippen molar-refractivity contribution in [1.29, 1.82) is 0 Å². The lowest BCUT2D eigenvalue weighted by Gasteiger charge is -2.25. The predicted octanol–water partition coefficient (Wildman–Crippen LogP) is 2.21. The molecule has 1 aliphatic carbocycles. The number of aliphatic hydroxyl groups is 1. The van der Waals surface area contributed by atoms with Gasteiger partial charge in [0.25, 0.3) is 0 Å². The molecule has 0 radical (unpaired) electrons. The summed E-state index contributed by atoms with van der Waals surface area (Å²) in [5, 5.41) is 9.06. The zero-order chi connectivity index (χ0) is 14.8. The Labute approximate surface area is 102 Å². The molecule has 0 heterocycles. The van der Waals surface area contributed by atoms with Crippen LogP contribution in [0.4, 0.5) is 13.2 Å². The van der Waals surface area contributed by atoms with Crippen molar-refractivity contribution in [1.82, 2.24) is 0 Å². The van der Waals surface area contributed by atoms with Crippen LogP contribution in [0.15, 0.2) is 11.8 Å². The molecule has 0 aromatic carbocycles. The Bertz CT molecular complexity index is 447. The molecule has 1 rings (SSSR count). The summed E-state index contributed by atoms with van der Waals surface area (Å²) >= 11 is 0. The fourth-order valence-electron chi connectivity index (χ4n) is 1.31. The van der Waals surface area contributed by atoms with E-state index in [1.54, 1.807) is 0 Å². The monoisotopic (exact) mass is 290 g/mol. The van der Waals surface area contributed by atoms with Gasteiger partial charge in [0.1, 0.15) is 0 Å². The minimum absolute atomic E-state index is 0.0359. The molecular formula is C9H13F3O5S. The second-order valence-electron chi connectivity index (χ2n) is 4.54. The molecule has 0 saturated heterocycles. The van der Waals surface area contributed by atoms with Gasteiger partial charge in [0.05, 0.1) is 5.76 Å². The van der Waals surface area contributed by atoms with Crippen LogP contribution in [0.2, 0.25) is 0 Å². The van der Waals surface area contributed by atoms with Crippen LogP contribution in [-0.2, 0) is 14.9 Å². The number of carbonyl (C=O) groups is 1. The summed E-state index contributed by atoms with van der Waals surface area (Å²) in [7, 11) is -5.84. The van der Waals surface area contributed by atoms with E-state index in [9.17, 15) is 18.0 Å². The minimum Gasteiger partial charge on any atom is -0.512 e. The summed E-state index contributed by atoms with van der Waals surface area (Å²) in [5.74, 6) is 0.259. The van der Waals surface area contributed by atoms with Gasteiger partial charge in [-0.25, -0.2) is 0 Å². The smallest absolute Gasteiger partial charge is 0.512 e. The second kappa shape index (κ2) is 5.27. The first-order valence-electron chi connectivity index (χ1n) is 4.71. The number of allylic oxidation sites excluding steroid dienone is 2. The summed E-state index contributed by atoms with van der Waals surface area (Å²) < 4.78 is 57.5. The van der Waals surface area contributed by atoms with Gasteiger partial charge in [0.2, 0.25) is 0 Å². The molecule has 0 atom stereocenters. The summed E-state index contributed by atoms with van der Waals surface area (Å²) in [6.07, 6.45) is 2.50. The van der Waals surface area contributed by atoms with Crippen molar-refractivity contribution in [2.75, 3.05) is 0 Å². The molecule has 106 valence electrons. The molecule has 0 aromatic rings. The molecule has 0 amide bonds. The molecule has 18 heavy (non-hydrogen) atoms. The van der Waals surface area contributed by atoms with E-state index in [1.807, 2.05) is 13.8 Å². The van der Waals surface area contributed by atoms with Crippen LogP contribution in [-0.4, -0.2) is 29.4 Å². The average molecular weight is 290 g/mol. The van der Waals surface area contributed by atoms with Crippen molar-refractivity contribution in [3.63, 3.8) is 0 Å². The maximum atomic E-state index is 10.9. The van der Waals surface area contributed by atoms with Crippen molar-refractivity contribution in [3.05, 3.63) is 11.8 Å². The Hall–Kier alpha value is -1.09. The van der Waals surface area contributed by atoms with E-state index in [2.05, 4.69) is 0 Å². The summed E-state index contributed by atoms with van der Waals surface area (Å²) in [4.78, 5) is 10.9. The first-order valence-corrected chi connectivity index (χ1v) is 6.15. The topological polar surface area (TPSA) is 91.7 Å². The Morgan fingerprint density at radius 3 is 1.89 bits per heavy atom. The van der Waals surface area contributed by atoms with Gasteiger partial charge in [0.15, 0.2) is 5.78 Å². The molecule has 0 bridgehead atoms. The molecule has 9 heteroatoms. The molecule has 5 nitrogen and oxygen atoms in total. The lowest BCUT2D eigenvalue weighted by Crippen LogP contribution is -2.21. The van der Waals surface area contributed by atoms with Gasteiger partial charge in [-0.2, -0.15) is 21.6 Å². The Morgan fingerprint density at radius 2 is 1.67 bits per heavy atom. The molecular weight excluding hydrogens is 277 g/mol. The summed E-state index contributed by atoms with van der Waals surface area (Å²) in [6, 6.07) is 0. The second-order valence-corrected chi connectivity index (χ2v) is 5.95. The van der Waals surface area contributed by atoms with Crippen molar-refractivity contribution in [2.45, 2.75) is 32.2 Å². The highest BCUT2D eigenvalue weighted by Crippen LogP contribution is 2.32. The zero-order valence-electron chi connectivity index (χ0n) is 9.65. The highest BCUT2D eigenvalue weighted by Gasteiger charge is 2.44. The normalized spacial score (nSPS) is 19.7. The first-order chi connectivity index (χ1) is 7.74. The van der Waals surface area contributed by atoms with Crippen LogP contribution in [0.25, 0.3) is 0 Å². The van der Waals surface area contributed by atoms with E-state index < -0.39 is 15.6 Å². The van der Waals surface area contributed by atoms with Gasteiger partial charge in [0, 0.05) is 18.9 Å². The lowest BCUT2D eigenvalue weighted by molar-refractivity contribution is -0.117. The SMILES string of the molecule is CC1(C)CC(=O)C=C(O)C1.O=S(=O)(O)C(F)(F)F. The molecule has 0 unspecified atom stereocenters. The first kappa shape index (κ1) is 16.9. The number of hydrogen-bond donors (Lipinski definition) is 2. The summed E-state index contributed by atoms with van der Waals surface area (Å²) in [6.45, 7) is 3.96. The fraction of sp³-hybridized carbons (Fsp3) is 0.667. The number of ketones is 1. The van der Waals surface area contributed by atoms with Crippen molar-refractivity contribution >= 4 is 15.9 Å². The highest BCUT2D eigenvalue weighted by atomic mass is 32.2. The zero-order valence-corrected chi connectivity index (χ0v) is 10.5. The van der Waals surface area contributed by atoms with Crippen LogP contribution >= 0.6 is 0 Å². The number of aliphatic hydroxyl groups excluding tert-OH is 1. The summed E-state index contributed by atoms with van der Waals surface area (Å²) in [5.41, 5.74) is -5.58. The quantitative estimate of drug-likeness (QED) is 0.527. The number of rotatable bonds is 0. The standard InChI is InChI=1S/C8H12O2.CHF3O3S/c1-8(2)4-6(9)3-7(10)5-8;2-1(3,4)8(5,6)7/h3,9H,4-5H2,1-2H3;(H,5,6,7). The lowest BCUT2D eigenvalue weighted by atomic mass is 9.80. The molecule has 2 N–H and O–H groups in total. The van der Waals surface area contributed by atoms with Gasteiger partial charge in [-0.15, -0.1) is 0 Å². The van der Waals surface area contributed by atoms with E-state index in [0.717, 1.165) is 0 Å². The van der Waals surface area contributed by atoms with Crippen molar-refractivity contribution < 1.29 is 36.0 Å². The van der Waals surface area contributed by atoms with E-state index in [0.29, 0.717) is 12.8 Å². The highest BCUT2D eigenvalue weighted by molar-refractivity contribution is 7.86.